The summed E-state index contributed by atoms with van der Waals surface area (Å²) in [5.41, 5.74) is -0.0599. The van der Waals surface area contributed by atoms with Crippen LogP contribution >= 0.6 is 11.6 Å². The van der Waals surface area contributed by atoms with Gasteiger partial charge in [-0.3, -0.25) is 4.98 Å². The highest BCUT2D eigenvalue weighted by atomic mass is 35.5. The van der Waals surface area contributed by atoms with Gasteiger partial charge in [-0.05, 0) is 13.8 Å². The maximum atomic E-state index is 12.7. The van der Waals surface area contributed by atoms with E-state index in [1.165, 1.54) is 6.20 Å². The molecule has 0 aliphatic rings. The summed E-state index contributed by atoms with van der Waals surface area (Å²) in [5.74, 6) is -1.50. The molecule has 2 aromatic rings. The van der Waals surface area contributed by atoms with Gasteiger partial charge in [-0.15, -0.1) is 0 Å². The fraction of sp³-hybridized carbons (Fsp3) is 0.462. The van der Waals surface area contributed by atoms with Crippen LogP contribution in [-0.4, -0.2) is 49.4 Å². The Kier molecular flexibility index (Phi) is 5.92. The number of alkyl halides is 6. The SMILES string of the molecule is CC(Nc1nc(NC(C)C(F)(F)F)nc(-c2cncc(Cl)n2)n1)C(F)(F)F. The maximum absolute atomic E-state index is 12.7. The molecule has 0 amide bonds. The summed E-state index contributed by atoms with van der Waals surface area (Å²) in [6, 6.07) is -4.13. The minimum absolute atomic E-state index is 0.0599. The molecule has 0 bridgehead atoms. The van der Waals surface area contributed by atoms with E-state index in [1.807, 2.05) is 10.6 Å². The third kappa shape index (κ3) is 5.77. The summed E-state index contributed by atoms with van der Waals surface area (Å²) < 4.78 is 76.4. The molecule has 27 heavy (non-hydrogen) atoms. The van der Waals surface area contributed by atoms with E-state index in [4.69, 9.17) is 11.6 Å². The molecule has 7 nitrogen and oxygen atoms in total. The molecule has 2 unspecified atom stereocenters. The van der Waals surface area contributed by atoms with E-state index in [2.05, 4.69) is 24.9 Å². The smallest absolute Gasteiger partial charge is 0.343 e. The highest BCUT2D eigenvalue weighted by Gasteiger charge is 2.38. The first-order valence-corrected chi connectivity index (χ1v) is 7.64. The lowest BCUT2D eigenvalue weighted by molar-refractivity contribution is -0.139. The van der Waals surface area contributed by atoms with E-state index in [9.17, 15) is 26.3 Å². The van der Waals surface area contributed by atoms with E-state index in [0.717, 1.165) is 20.0 Å². The van der Waals surface area contributed by atoms with Gasteiger partial charge >= 0.3 is 12.4 Å². The van der Waals surface area contributed by atoms with Crippen molar-refractivity contribution in [1.29, 1.82) is 0 Å². The van der Waals surface area contributed by atoms with Crippen LogP contribution in [0, 0.1) is 0 Å². The van der Waals surface area contributed by atoms with Gasteiger partial charge in [-0.25, -0.2) is 4.98 Å². The van der Waals surface area contributed by atoms with Crippen molar-refractivity contribution < 1.29 is 26.3 Å². The summed E-state index contributed by atoms with van der Waals surface area (Å²) in [4.78, 5) is 18.6. The maximum Gasteiger partial charge on any atom is 0.408 e. The molecule has 2 heterocycles. The van der Waals surface area contributed by atoms with Gasteiger partial charge in [0.1, 0.15) is 22.9 Å². The minimum Gasteiger partial charge on any atom is -0.343 e. The molecule has 0 aliphatic heterocycles. The van der Waals surface area contributed by atoms with Crippen LogP contribution in [-0.2, 0) is 0 Å². The van der Waals surface area contributed by atoms with E-state index >= 15 is 0 Å². The third-order valence-corrected chi connectivity index (χ3v) is 3.32. The lowest BCUT2D eigenvalue weighted by Gasteiger charge is -2.20. The van der Waals surface area contributed by atoms with Gasteiger partial charge in [-0.1, -0.05) is 11.6 Å². The molecule has 0 saturated heterocycles. The number of hydrogen-bond acceptors (Lipinski definition) is 7. The average molecular weight is 416 g/mol. The van der Waals surface area contributed by atoms with Crippen molar-refractivity contribution in [2.24, 2.45) is 0 Å². The zero-order valence-corrected chi connectivity index (χ0v) is 14.4. The molecular formula is C13H12ClF6N7. The Morgan fingerprint density at radius 2 is 1.30 bits per heavy atom. The largest absolute Gasteiger partial charge is 0.408 e. The number of rotatable bonds is 5. The first-order chi connectivity index (χ1) is 12.4. The van der Waals surface area contributed by atoms with Crippen molar-refractivity contribution in [2.45, 2.75) is 38.3 Å². The van der Waals surface area contributed by atoms with Crippen LogP contribution in [0.4, 0.5) is 38.2 Å². The minimum atomic E-state index is -4.63. The van der Waals surface area contributed by atoms with Gasteiger partial charge in [0.05, 0.1) is 12.4 Å². The quantitative estimate of drug-likeness (QED) is 0.720. The van der Waals surface area contributed by atoms with Crippen LogP contribution in [0.25, 0.3) is 11.5 Å². The fourth-order valence-corrected chi connectivity index (χ4v) is 1.77. The lowest BCUT2D eigenvalue weighted by atomic mass is 10.3. The van der Waals surface area contributed by atoms with Crippen LogP contribution in [0.1, 0.15) is 13.8 Å². The summed E-state index contributed by atoms with van der Waals surface area (Å²) in [7, 11) is 0. The summed E-state index contributed by atoms with van der Waals surface area (Å²) in [5, 5.41) is 3.87. The molecule has 0 fully saturated rings. The molecule has 2 atom stereocenters. The number of anilines is 2. The molecule has 2 aromatic heterocycles. The van der Waals surface area contributed by atoms with Gasteiger partial charge in [0.2, 0.25) is 11.9 Å². The Bertz CT molecular complexity index is 757. The Labute approximate surface area is 153 Å². The van der Waals surface area contributed by atoms with Crippen molar-refractivity contribution in [3.63, 3.8) is 0 Å². The number of hydrogen-bond donors (Lipinski definition) is 2. The topological polar surface area (TPSA) is 88.5 Å². The molecule has 148 valence electrons. The van der Waals surface area contributed by atoms with Crippen molar-refractivity contribution in [3.8, 4) is 11.5 Å². The van der Waals surface area contributed by atoms with Crippen LogP contribution < -0.4 is 10.6 Å². The fourth-order valence-electron chi connectivity index (χ4n) is 1.62. The monoisotopic (exact) mass is 415 g/mol. The molecule has 0 saturated carbocycles. The third-order valence-electron chi connectivity index (χ3n) is 3.14. The van der Waals surface area contributed by atoms with Gasteiger partial charge in [0.15, 0.2) is 5.82 Å². The number of aromatic nitrogens is 5. The molecule has 2 N–H and O–H groups in total. The van der Waals surface area contributed by atoms with E-state index < -0.39 is 36.3 Å². The Balaban J connectivity index is 2.44. The van der Waals surface area contributed by atoms with Crippen molar-refractivity contribution in [1.82, 2.24) is 24.9 Å². The van der Waals surface area contributed by atoms with E-state index in [-0.39, 0.29) is 16.7 Å². The average Bonchev–Trinajstić information content (AvgIpc) is 2.52. The molecule has 0 spiro atoms. The van der Waals surface area contributed by atoms with Crippen LogP contribution in [0.15, 0.2) is 12.4 Å². The normalized spacial score (nSPS) is 14.6. The molecule has 2 rings (SSSR count). The second kappa shape index (κ2) is 7.66. The van der Waals surface area contributed by atoms with Crippen LogP contribution in [0.5, 0.6) is 0 Å². The van der Waals surface area contributed by atoms with Crippen molar-refractivity contribution in [2.75, 3.05) is 10.6 Å². The van der Waals surface area contributed by atoms with Crippen molar-refractivity contribution in [3.05, 3.63) is 17.5 Å². The first kappa shape index (κ1) is 20.9. The van der Waals surface area contributed by atoms with Crippen molar-refractivity contribution >= 4 is 23.5 Å². The van der Waals surface area contributed by atoms with Gasteiger partial charge in [0.25, 0.3) is 0 Å². The van der Waals surface area contributed by atoms with E-state index in [0.29, 0.717) is 0 Å². The standard InChI is InChI=1S/C13H12ClF6N7/c1-5(12(15,16)17)22-10-25-9(7-3-21-4-8(14)24-7)26-11(27-10)23-6(2)13(18,19)20/h3-6H,1-2H3,(H2,22,23,25,26,27). The van der Waals surface area contributed by atoms with Gasteiger partial charge < -0.3 is 10.6 Å². The predicted molar refractivity (Wildman–Crippen MR) is 84.1 cm³/mol. The van der Waals surface area contributed by atoms with E-state index in [1.54, 1.807) is 0 Å². The van der Waals surface area contributed by atoms with Gasteiger partial charge in [-0.2, -0.15) is 41.3 Å². The highest BCUT2D eigenvalue weighted by Crippen LogP contribution is 2.25. The summed E-state index contributed by atoms with van der Waals surface area (Å²) in [6.45, 7) is 1.60. The molecular weight excluding hydrogens is 404 g/mol. The zero-order valence-electron chi connectivity index (χ0n) is 13.7. The Morgan fingerprint density at radius 1 is 0.815 bits per heavy atom. The van der Waals surface area contributed by atoms with Crippen LogP contribution in [0.3, 0.4) is 0 Å². The zero-order chi connectivity index (χ0) is 20.4. The molecule has 0 aromatic carbocycles. The lowest BCUT2D eigenvalue weighted by Crippen LogP contribution is -2.35. The van der Waals surface area contributed by atoms with Gasteiger partial charge in [0, 0.05) is 0 Å². The molecule has 14 heteroatoms. The first-order valence-electron chi connectivity index (χ1n) is 7.26. The highest BCUT2D eigenvalue weighted by molar-refractivity contribution is 6.29. The number of nitrogens with one attached hydrogen (secondary N) is 2. The summed E-state index contributed by atoms with van der Waals surface area (Å²) >= 11 is 5.69. The van der Waals surface area contributed by atoms with Crippen LogP contribution in [0.2, 0.25) is 5.15 Å². The Hall–Kier alpha value is -2.44. The molecule has 0 radical (unpaired) electrons. The second-order valence-corrected chi connectivity index (χ2v) is 5.74. The molecule has 0 aliphatic carbocycles. The Morgan fingerprint density at radius 3 is 1.70 bits per heavy atom. The summed E-state index contributed by atoms with van der Waals surface area (Å²) in [6.07, 6.45) is -6.93. The second-order valence-electron chi connectivity index (χ2n) is 5.35. The number of halogens is 7. The predicted octanol–water partition coefficient (Wildman–Crippen LogP) is 3.71. The number of nitrogens with zero attached hydrogens (tertiary/aromatic N) is 5.